The van der Waals surface area contributed by atoms with Gasteiger partial charge in [-0.2, -0.15) is 0 Å². The number of halogens is 1. The van der Waals surface area contributed by atoms with Gasteiger partial charge in [-0.1, -0.05) is 23.7 Å². The van der Waals surface area contributed by atoms with Crippen molar-refractivity contribution in [2.45, 2.75) is 24.7 Å². The number of carbonyl (C=O) groups excluding carboxylic acids is 2. The molecule has 0 saturated carbocycles. The number of ether oxygens (including phenoxy) is 1. The Kier molecular flexibility index (Phi) is 8.14. The predicted octanol–water partition coefficient (Wildman–Crippen LogP) is 2.89. The van der Waals surface area contributed by atoms with Crippen LogP contribution >= 0.6 is 23.4 Å². The minimum Gasteiger partial charge on any atom is -0.466 e. The van der Waals surface area contributed by atoms with Crippen molar-refractivity contribution in [2.75, 3.05) is 18.9 Å². The average molecular weight is 316 g/mol. The van der Waals surface area contributed by atoms with Crippen molar-refractivity contribution < 1.29 is 14.3 Å². The molecule has 1 aromatic rings. The van der Waals surface area contributed by atoms with E-state index in [1.165, 1.54) is 11.8 Å². The zero-order valence-corrected chi connectivity index (χ0v) is 12.9. The normalized spacial score (nSPS) is 10.1. The smallest absolute Gasteiger partial charge is 0.305 e. The van der Waals surface area contributed by atoms with Crippen molar-refractivity contribution in [1.82, 2.24) is 5.32 Å². The van der Waals surface area contributed by atoms with Crippen LogP contribution in [0.3, 0.4) is 0 Å². The first-order chi connectivity index (χ1) is 9.63. The summed E-state index contributed by atoms with van der Waals surface area (Å²) in [6.07, 6.45) is 0.910. The molecule has 20 heavy (non-hydrogen) atoms. The number of amides is 1. The molecule has 0 atom stereocenters. The second-order valence-corrected chi connectivity index (χ2v) is 5.40. The van der Waals surface area contributed by atoms with Crippen molar-refractivity contribution in [1.29, 1.82) is 0 Å². The lowest BCUT2D eigenvalue weighted by atomic mass is 10.3. The number of esters is 1. The van der Waals surface area contributed by atoms with Gasteiger partial charge in [-0.05, 0) is 25.5 Å². The summed E-state index contributed by atoms with van der Waals surface area (Å²) in [5.41, 5.74) is 0. The zero-order chi connectivity index (χ0) is 14.8. The maximum absolute atomic E-state index is 11.6. The molecule has 110 valence electrons. The maximum atomic E-state index is 11.6. The highest BCUT2D eigenvalue weighted by atomic mass is 35.5. The van der Waals surface area contributed by atoms with Gasteiger partial charge in [0.2, 0.25) is 5.91 Å². The van der Waals surface area contributed by atoms with Crippen LogP contribution in [-0.2, 0) is 14.3 Å². The predicted molar refractivity (Wildman–Crippen MR) is 81.1 cm³/mol. The molecule has 0 unspecified atom stereocenters. The van der Waals surface area contributed by atoms with Gasteiger partial charge >= 0.3 is 5.97 Å². The summed E-state index contributed by atoms with van der Waals surface area (Å²) < 4.78 is 4.80. The van der Waals surface area contributed by atoms with E-state index in [9.17, 15) is 9.59 Å². The first kappa shape index (κ1) is 16.9. The van der Waals surface area contributed by atoms with Gasteiger partial charge in [0.05, 0.1) is 17.4 Å². The zero-order valence-electron chi connectivity index (χ0n) is 11.4. The molecule has 0 aliphatic carbocycles. The lowest BCUT2D eigenvalue weighted by molar-refractivity contribution is -0.143. The third-order valence-electron chi connectivity index (χ3n) is 2.38. The molecule has 0 spiro atoms. The minimum absolute atomic E-state index is 0.0706. The minimum atomic E-state index is -0.229. The molecular formula is C14H18ClNO3S. The van der Waals surface area contributed by atoms with Gasteiger partial charge in [0.15, 0.2) is 0 Å². The molecular weight excluding hydrogens is 298 g/mol. The largest absolute Gasteiger partial charge is 0.466 e. The van der Waals surface area contributed by atoms with Crippen LogP contribution < -0.4 is 5.32 Å². The summed E-state index contributed by atoms with van der Waals surface area (Å²) in [6, 6.07) is 7.40. The molecule has 6 heteroatoms. The number of hydrogen-bond donors (Lipinski definition) is 1. The highest BCUT2D eigenvalue weighted by Gasteiger charge is 2.06. The second-order valence-electron chi connectivity index (χ2n) is 3.98. The van der Waals surface area contributed by atoms with Crippen molar-refractivity contribution in [3.05, 3.63) is 29.3 Å². The van der Waals surface area contributed by atoms with Crippen LogP contribution in [0.2, 0.25) is 5.02 Å². The van der Waals surface area contributed by atoms with E-state index in [-0.39, 0.29) is 11.9 Å². The Balaban J connectivity index is 2.15. The van der Waals surface area contributed by atoms with Crippen LogP contribution in [0.5, 0.6) is 0 Å². The summed E-state index contributed by atoms with van der Waals surface area (Å²) >= 11 is 7.39. The Morgan fingerprint density at radius 3 is 2.80 bits per heavy atom. The highest BCUT2D eigenvalue weighted by Crippen LogP contribution is 2.26. The standard InChI is InChI=1S/C14H18ClNO3S/c1-2-19-14(18)8-5-9-16-13(17)10-20-12-7-4-3-6-11(12)15/h3-4,6-7H,2,5,8-10H2,1H3,(H,16,17). The second kappa shape index (κ2) is 9.66. The third kappa shape index (κ3) is 6.82. The van der Waals surface area contributed by atoms with E-state index in [1.54, 1.807) is 13.0 Å². The van der Waals surface area contributed by atoms with E-state index < -0.39 is 0 Å². The number of thioether (sulfide) groups is 1. The third-order valence-corrected chi connectivity index (χ3v) is 3.90. The van der Waals surface area contributed by atoms with E-state index in [0.29, 0.717) is 36.8 Å². The lowest BCUT2D eigenvalue weighted by Crippen LogP contribution is -2.26. The molecule has 1 N–H and O–H groups in total. The maximum Gasteiger partial charge on any atom is 0.305 e. The summed E-state index contributed by atoms with van der Waals surface area (Å²) in [5.74, 6) is 0.00864. The quantitative estimate of drug-likeness (QED) is 0.455. The van der Waals surface area contributed by atoms with E-state index in [0.717, 1.165) is 4.90 Å². The summed E-state index contributed by atoms with van der Waals surface area (Å²) in [5, 5.41) is 3.41. The Morgan fingerprint density at radius 1 is 1.35 bits per heavy atom. The van der Waals surface area contributed by atoms with Gasteiger partial charge in [0.25, 0.3) is 0 Å². The van der Waals surface area contributed by atoms with Crippen LogP contribution in [0.25, 0.3) is 0 Å². The number of nitrogens with one attached hydrogen (secondary N) is 1. The van der Waals surface area contributed by atoms with Gasteiger partial charge in [-0.25, -0.2) is 0 Å². The topological polar surface area (TPSA) is 55.4 Å². The molecule has 0 aromatic heterocycles. The fraction of sp³-hybridized carbons (Fsp3) is 0.429. The van der Waals surface area contributed by atoms with Crippen LogP contribution in [0, 0.1) is 0 Å². The van der Waals surface area contributed by atoms with Gasteiger partial charge in [-0.3, -0.25) is 9.59 Å². The van der Waals surface area contributed by atoms with Crippen molar-refractivity contribution in [3.8, 4) is 0 Å². The molecule has 0 bridgehead atoms. The summed E-state index contributed by atoms with van der Waals surface area (Å²) in [4.78, 5) is 23.6. The number of rotatable bonds is 8. The molecule has 1 aromatic carbocycles. The van der Waals surface area contributed by atoms with Crippen molar-refractivity contribution in [3.63, 3.8) is 0 Å². The number of hydrogen-bond acceptors (Lipinski definition) is 4. The number of benzene rings is 1. The van der Waals surface area contributed by atoms with Crippen LogP contribution in [0.15, 0.2) is 29.2 Å². The summed E-state index contributed by atoms with van der Waals surface area (Å²) in [6.45, 7) is 2.63. The fourth-order valence-corrected chi connectivity index (χ4v) is 2.52. The van der Waals surface area contributed by atoms with Gasteiger partial charge in [0.1, 0.15) is 0 Å². The van der Waals surface area contributed by atoms with E-state index in [1.807, 2.05) is 18.2 Å². The monoisotopic (exact) mass is 315 g/mol. The van der Waals surface area contributed by atoms with Crippen molar-refractivity contribution >= 4 is 35.2 Å². The molecule has 1 amide bonds. The van der Waals surface area contributed by atoms with Gasteiger partial charge < -0.3 is 10.1 Å². The molecule has 0 heterocycles. The molecule has 1 rings (SSSR count). The van der Waals surface area contributed by atoms with E-state index in [2.05, 4.69) is 5.32 Å². The van der Waals surface area contributed by atoms with Gasteiger partial charge in [-0.15, -0.1) is 11.8 Å². The van der Waals surface area contributed by atoms with Crippen LogP contribution in [-0.4, -0.2) is 30.8 Å². The fourth-order valence-electron chi connectivity index (χ4n) is 1.45. The lowest BCUT2D eigenvalue weighted by Gasteiger charge is -2.06. The number of carbonyl (C=O) groups is 2. The van der Waals surface area contributed by atoms with E-state index in [4.69, 9.17) is 16.3 Å². The van der Waals surface area contributed by atoms with Crippen molar-refractivity contribution in [2.24, 2.45) is 0 Å². The average Bonchev–Trinajstić information content (AvgIpc) is 2.43. The Bertz CT molecular complexity index is 454. The van der Waals surface area contributed by atoms with E-state index >= 15 is 0 Å². The molecule has 4 nitrogen and oxygen atoms in total. The first-order valence-corrected chi connectivity index (χ1v) is 7.79. The Hall–Kier alpha value is -1.20. The molecule has 0 radical (unpaired) electrons. The van der Waals surface area contributed by atoms with Crippen LogP contribution in [0.4, 0.5) is 0 Å². The van der Waals surface area contributed by atoms with Gasteiger partial charge in [0, 0.05) is 17.9 Å². The summed E-state index contributed by atoms with van der Waals surface area (Å²) in [7, 11) is 0. The first-order valence-electron chi connectivity index (χ1n) is 6.43. The Labute approximate surface area is 128 Å². The molecule has 0 fully saturated rings. The van der Waals surface area contributed by atoms with Crippen LogP contribution in [0.1, 0.15) is 19.8 Å². The molecule has 0 saturated heterocycles. The molecule has 0 aliphatic rings. The Morgan fingerprint density at radius 2 is 2.10 bits per heavy atom. The highest BCUT2D eigenvalue weighted by molar-refractivity contribution is 8.00. The SMILES string of the molecule is CCOC(=O)CCCNC(=O)CSc1ccccc1Cl. The molecule has 0 aliphatic heterocycles.